The van der Waals surface area contributed by atoms with Crippen LogP contribution in [-0.4, -0.2) is 34.7 Å². The van der Waals surface area contributed by atoms with Gasteiger partial charge in [0.05, 0.1) is 37.4 Å². The van der Waals surface area contributed by atoms with Crippen molar-refractivity contribution in [1.82, 2.24) is 4.98 Å². The zero-order valence-corrected chi connectivity index (χ0v) is 20.7. The Balaban J connectivity index is 1.61. The molecule has 2 N–H and O–H groups in total. The number of carboxylic acid groups (broad SMARTS) is 1. The normalized spacial score (nSPS) is 20.5. The zero-order chi connectivity index (χ0) is 24.8. The second-order valence-corrected chi connectivity index (χ2v) is 9.66. The van der Waals surface area contributed by atoms with E-state index >= 15 is 0 Å². The fraction of sp³-hybridized carbons (Fsp3) is 0.536. The molecule has 0 aliphatic heterocycles. The highest BCUT2D eigenvalue weighted by molar-refractivity contribution is 5.95. The largest absolute Gasteiger partial charge is 0.492 e. The van der Waals surface area contributed by atoms with E-state index in [4.69, 9.17) is 9.47 Å². The van der Waals surface area contributed by atoms with Crippen molar-refractivity contribution in [2.45, 2.75) is 77.9 Å². The first kappa shape index (κ1) is 25.2. The number of pyridine rings is 1. The van der Waals surface area contributed by atoms with Gasteiger partial charge in [0, 0.05) is 23.0 Å². The molecule has 4 rings (SSSR count). The van der Waals surface area contributed by atoms with Gasteiger partial charge in [0.15, 0.2) is 0 Å². The van der Waals surface area contributed by atoms with E-state index in [9.17, 15) is 14.7 Å². The highest BCUT2D eigenvalue weighted by Crippen LogP contribution is 2.35. The molecule has 7 heteroatoms. The lowest BCUT2D eigenvalue weighted by molar-refractivity contribution is -0.147. The predicted molar refractivity (Wildman–Crippen MR) is 134 cm³/mol. The minimum absolute atomic E-state index is 0.219. The molecule has 0 bridgehead atoms. The van der Waals surface area contributed by atoms with Crippen LogP contribution >= 0.6 is 0 Å². The third-order valence-electron chi connectivity index (χ3n) is 7.33. The number of hydrogen-bond acceptors (Lipinski definition) is 5. The summed E-state index contributed by atoms with van der Waals surface area (Å²) in [5.74, 6) is -1.48. The van der Waals surface area contributed by atoms with E-state index in [2.05, 4.69) is 10.3 Å². The van der Waals surface area contributed by atoms with Crippen molar-refractivity contribution in [2.24, 2.45) is 11.8 Å². The van der Waals surface area contributed by atoms with E-state index in [0.29, 0.717) is 31.7 Å². The number of aliphatic carboxylic acids is 1. The van der Waals surface area contributed by atoms with Gasteiger partial charge in [-0.25, -0.2) is 0 Å². The number of carbonyl (C=O) groups is 2. The van der Waals surface area contributed by atoms with E-state index in [0.717, 1.165) is 53.7 Å². The first-order valence-electron chi connectivity index (χ1n) is 12.8. The number of ether oxygens (including phenoxy) is 2. The van der Waals surface area contributed by atoms with Crippen LogP contribution in [0.25, 0.3) is 11.1 Å². The van der Waals surface area contributed by atoms with Gasteiger partial charge in [0.25, 0.3) is 0 Å². The molecule has 0 spiro atoms. The van der Waals surface area contributed by atoms with Gasteiger partial charge in [-0.15, -0.1) is 0 Å². The summed E-state index contributed by atoms with van der Waals surface area (Å²) in [6.07, 6.45) is 11.2. The van der Waals surface area contributed by atoms with Crippen LogP contribution in [0.4, 0.5) is 5.69 Å². The van der Waals surface area contributed by atoms with Crippen LogP contribution in [0.2, 0.25) is 0 Å². The number of carbonyl (C=O) groups excluding carboxylic acids is 1. The lowest BCUT2D eigenvalue weighted by Gasteiger charge is -2.27. The Morgan fingerprint density at radius 1 is 1.03 bits per heavy atom. The number of amides is 1. The van der Waals surface area contributed by atoms with E-state index < -0.39 is 17.8 Å². The number of benzene rings is 1. The fourth-order valence-electron chi connectivity index (χ4n) is 5.37. The smallest absolute Gasteiger partial charge is 0.307 e. The molecule has 188 valence electrons. The Morgan fingerprint density at radius 3 is 2.46 bits per heavy atom. The van der Waals surface area contributed by atoms with Crippen molar-refractivity contribution in [3.8, 4) is 16.9 Å². The first-order chi connectivity index (χ1) is 17.0. The van der Waals surface area contributed by atoms with Gasteiger partial charge < -0.3 is 19.9 Å². The lowest BCUT2D eigenvalue weighted by atomic mass is 9.78. The van der Waals surface area contributed by atoms with E-state index in [-0.39, 0.29) is 12.0 Å². The van der Waals surface area contributed by atoms with Gasteiger partial charge in [-0.1, -0.05) is 31.7 Å². The molecule has 2 aliphatic carbocycles. The molecule has 2 aromatic rings. The molecular formula is C28H36N2O5. The summed E-state index contributed by atoms with van der Waals surface area (Å²) in [5.41, 5.74) is 4.59. The molecule has 35 heavy (non-hydrogen) atoms. The molecule has 1 heterocycles. The van der Waals surface area contributed by atoms with Crippen LogP contribution in [0.3, 0.4) is 0 Å². The van der Waals surface area contributed by atoms with Crippen LogP contribution in [0.15, 0.2) is 30.6 Å². The highest BCUT2D eigenvalue weighted by atomic mass is 16.5. The standard InChI is InChI=1S/C28H36N2O5/c1-3-34-26-16-29-15-25(18(26)2)22-13-12-20(14-19(22)17-35-21-8-4-5-9-21)30-27(31)23-10-6-7-11-24(23)28(32)33/h12-16,21,23-24H,3-11,17H2,1-2H3,(H,30,31)(H,32,33)/t23-,24+/m0/s1. The Morgan fingerprint density at radius 2 is 1.74 bits per heavy atom. The highest BCUT2D eigenvalue weighted by Gasteiger charge is 2.35. The van der Waals surface area contributed by atoms with Crippen molar-refractivity contribution in [3.05, 3.63) is 41.7 Å². The topological polar surface area (TPSA) is 97.8 Å². The molecule has 2 atom stereocenters. The van der Waals surface area contributed by atoms with Crippen molar-refractivity contribution in [3.63, 3.8) is 0 Å². The van der Waals surface area contributed by atoms with Gasteiger partial charge in [-0.2, -0.15) is 0 Å². The van der Waals surface area contributed by atoms with Gasteiger partial charge in [-0.05, 0) is 62.8 Å². The lowest BCUT2D eigenvalue weighted by Crippen LogP contribution is -2.36. The number of hydrogen-bond donors (Lipinski definition) is 2. The molecule has 7 nitrogen and oxygen atoms in total. The zero-order valence-electron chi connectivity index (χ0n) is 20.7. The monoisotopic (exact) mass is 480 g/mol. The molecule has 1 aromatic heterocycles. The Bertz CT molecular complexity index is 1050. The van der Waals surface area contributed by atoms with Crippen LogP contribution in [0.5, 0.6) is 5.75 Å². The van der Waals surface area contributed by atoms with Crippen molar-refractivity contribution in [2.75, 3.05) is 11.9 Å². The van der Waals surface area contributed by atoms with Crippen molar-refractivity contribution in [1.29, 1.82) is 0 Å². The number of carboxylic acids is 1. The summed E-state index contributed by atoms with van der Waals surface area (Å²) in [4.78, 5) is 29.1. The second kappa shape index (κ2) is 11.7. The molecular weight excluding hydrogens is 444 g/mol. The van der Waals surface area contributed by atoms with Crippen LogP contribution < -0.4 is 10.1 Å². The van der Waals surface area contributed by atoms with Crippen LogP contribution in [-0.2, 0) is 20.9 Å². The molecule has 0 unspecified atom stereocenters. The van der Waals surface area contributed by atoms with Gasteiger partial charge in [0.1, 0.15) is 5.75 Å². The predicted octanol–water partition coefficient (Wildman–Crippen LogP) is 5.74. The fourth-order valence-corrected chi connectivity index (χ4v) is 5.37. The molecule has 2 aliphatic rings. The average molecular weight is 481 g/mol. The van der Waals surface area contributed by atoms with E-state index in [1.807, 2.05) is 38.2 Å². The summed E-state index contributed by atoms with van der Waals surface area (Å²) < 4.78 is 12.0. The van der Waals surface area contributed by atoms with E-state index in [1.165, 1.54) is 12.8 Å². The number of aromatic nitrogens is 1. The minimum Gasteiger partial charge on any atom is -0.492 e. The number of anilines is 1. The van der Waals surface area contributed by atoms with Gasteiger partial charge in [0.2, 0.25) is 5.91 Å². The molecule has 0 saturated heterocycles. The number of rotatable bonds is 9. The van der Waals surface area contributed by atoms with Crippen molar-refractivity contribution < 1.29 is 24.2 Å². The summed E-state index contributed by atoms with van der Waals surface area (Å²) in [6.45, 7) is 4.97. The van der Waals surface area contributed by atoms with Crippen molar-refractivity contribution >= 4 is 17.6 Å². The summed E-state index contributed by atoms with van der Waals surface area (Å²) in [6, 6.07) is 5.81. The molecule has 2 fully saturated rings. The third kappa shape index (κ3) is 6.01. The summed E-state index contributed by atoms with van der Waals surface area (Å²) >= 11 is 0. The maximum atomic E-state index is 13.1. The number of nitrogens with zero attached hydrogens (tertiary/aromatic N) is 1. The molecule has 2 saturated carbocycles. The summed E-state index contributed by atoms with van der Waals surface area (Å²) in [7, 11) is 0. The Hall–Kier alpha value is -2.93. The minimum atomic E-state index is -0.886. The second-order valence-electron chi connectivity index (χ2n) is 9.66. The Kier molecular flexibility index (Phi) is 8.39. The molecule has 1 amide bonds. The third-order valence-corrected chi connectivity index (χ3v) is 7.33. The maximum Gasteiger partial charge on any atom is 0.307 e. The van der Waals surface area contributed by atoms with Crippen LogP contribution in [0.1, 0.15) is 69.4 Å². The Labute approximate surface area is 207 Å². The van der Waals surface area contributed by atoms with Gasteiger partial charge >= 0.3 is 5.97 Å². The quantitative estimate of drug-likeness (QED) is 0.475. The SMILES string of the molecule is CCOc1cncc(-c2ccc(NC(=O)[C@H]3CCCC[C@H]3C(=O)O)cc2COC2CCCC2)c1C. The molecule has 0 radical (unpaired) electrons. The summed E-state index contributed by atoms with van der Waals surface area (Å²) in [5, 5.41) is 12.6. The van der Waals surface area contributed by atoms with E-state index in [1.54, 1.807) is 6.20 Å². The maximum absolute atomic E-state index is 13.1. The molecule has 1 aromatic carbocycles. The average Bonchev–Trinajstić information content (AvgIpc) is 3.38. The number of nitrogens with one attached hydrogen (secondary N) is 1. The van der Waals surface area contributed by atoms with Gasteiger partial charge in [-0.3, -0.25) is 14.6 Å². The first-order valence-corrected chi connectivity index (χ1v) is 12.8. The van der Waals surface area contributed by atoms with Crippen LogP contribution in [0, 0.1) is 18.8 Å².